The number of nitrogens with zero attached hydrogens (tertiary/aromatic N) is 3. The lowest BCUT2D eigenvalue weighted by atomic mass is 9.88. The molecule has 3 N–H and O–H groups in total. The summed E-state index contributed by atoms with van der Waals surface area (Å²) in [5.41, 5.74) is -6.93. The van der Waals surface area contributed by atoms with Crippen molar-refractivity contribution in [2.45, 2.75) is 45.0 Å². The SMILES string of the molecule is COc1cc(C(=O)NC[C@](O)(c2cc(C(C)(C)NC(C)=O)c(F)c(-c3ccc(F)cc3)n2)C(F)(F)F)cc2cc(C)nnc12. The Hall–Kier alpha value is -4.72. The number of aryl methyl sites for hydroxylation is 1. The van der Waals surface area contributed by atoms with Gasteiger partial charge in [0, 0.05) is 29.0 Å². The number of pyridine rings is 1. The minimum Gasteiger partial charge on any atom is -0.494 e. The molecule has 2 amide bonds. The molecular weight excluding hydrogens is 589 g/mol. The van der Waals surface area contributed by atoms with Crippen LogP contribution >= 0.6 is 0 Å². The Balaban J connectivity index is 1.82. The lowest BCUT2D eigenvalue weighted by Gasteiger charge is -2.33. The predicted octanol–water partition coefficient (Wildman–Crippen LogP) is 4.84. The number of nitrogens with one attached hydrogen (secondary N) is 2. The number of hydrogen-bond donors (Lipinski definition) is 3. The summed E-state index contributed by atoms with van der Waals surface area (Å²) >= 11 is 0. The van der Waals surface area contributed by atoms with Crippen LogP contribution in [-0.4, -0.2) is 51.9 Å². The molecule has 0 unspecified atom stereocenters. The standard InChI is InChI=1S/C30H28F5N5O4/c1-15-10-18-11-19(12-22(44-5)25(18)40-39-15)27(42)36-14-29(43,30(33,34)35)23-13-21(28(3,4)38-16(2)41)24(32)26(37-23)17-6-8-20(31)9-7-17/h6-13,43H,14H2,1-5H3,(H,36,42)(H,38,41)/t29-/m0/s1. The van der Waals surface area contributed by atoms with Gasteiger partial charge in [0.2, 0.25) is 11.5 Å². The van der Waals surface area contributed by atoms with Crippen molar-refractivity contribution >= 4 is 22.7 Å². The van der Waals surface area contributed by atoms with Gasteiger partial charge in [-0.3, -0.25) is 9.59 Å². The smallest absolute Gasteiger partial charge is 0.424 e. The van der Waals surface area contributed by atoms with Crippen LogP contribution in [-0.2, 0) is 15.9 Å². The third-order valence-corrected chi connectivity index (χ3v) is 6.89. The first-order valence-electron chi connectivity index (χ1n) is 13.1. The Kier molecular flexibility index (Phi) is 8.60. The van der Waals surface area contributed by atoms with Gasteiger partial charge < -0.3 is 20.5 Å². The molecule has 0 saturated heterocycles. The molecule has 232 valence electrons. The fourth-order valence-electron chi connectivity index (χ4n) is 4.66. The number of hydrogen-bond acceptors (Lipinski definition) is 7. The number of alkyl halides is 3. The Bertz CT molecular complexity index is 1750. The van der Waals surface area contributed by atoms with Crippen molar-refractivity contribution in [3.63, 3.8) is 0 Å². The van der Waals surface area contributed by atoms with Gasteiger partial charge in [0.1, 0.15) is 22.8 Å². The van der Waals surface area contributed by atoms with Crippen LogP contribution in [0.15, 0.2) is 48.5 Å². The number of aliphatic hydroxyl groups is 1. The molecule has 1 atom stereocenters. The lowest BCUT2D eigenvalue weighted by molar-refractivity contribution is -0.265. The average molecular weight is 618 g/mol. The zero-order chi connectivity index (χ0) is 32.6. The Morgan fingerprint density at radius 2 is 1.66 bits per heavy atom. The van der Waals surface area contributed by atoms with E-state index in [1.807, 2.05) is 0 Å². The third-order valence-electron chi connectivity index (χ3n) is 6.89. The molecule has 0 aliphatic carbocycles. The highest BCUT2D eigenvalue weighted by Crippen LogP contribution is 2.41. The molecule has 2 aromatic carbocycles. The van der Waals surface area contributed by atoms with Gasteiger partial charge in [-0.05, 0) is 69.3 Å². The van der Waals surface area contributed by atoms with Crippen molar-refractivity contribution in [1.29, 1.82) is 0 Å². The molecule has 0 bridgehead atoms. The number of amides is 2. The van der Waals surface area contributed by atoms with Crippen LogP contribution < -0.4 is 15.4 Å². The number of methoxy groups -OCH3 is 1. The summed E-state index contributed by atoms with van der Waals surface area (Å²) in [6.45, 7) is 4.06. The third kappa shape index (κ3) is 6.30. The Labute approximate surface area is 248 Å². The van der Waals surface area contributed by atoms with Gasteiger partial charge in [0.15, 0.2) is 5.82 Å². The fourth-order valence-corrected chi connectivity index (χ4v) is 4.66. The molecule has 0 saturated carbocycles. The maximum absolute atomic E-state index is 15.9. The van der Waals surface area contributed by atoms with Gasteiger partial charge in [0.05, 0.1) is 30.6 Å². The van der Waals surface area contributed by atoms with E-state index in [1.165, 1.54) is 33.1 Å². The van der Waals surface area contributed by atoms with Crippen LogP contribution in [0.2, 0.25) is 0 Å². The number of fused-ring (bicyclic) bond motifs is 1. The van der Waals surface area contributed by atoms with E-state index in [-0.39, 0.29) is 16.9 Å². The molecule has 2 heterocycles. The van der Waals surface area contributed by atoms with Crippen LogP contribution in [0.5, 0.6) is 5.75 Å². The molecule has 0 spiro atoms. The van der Waals surface area contributed by atoms with Crippen molar-refractivity contribution in [1.82, 2.24) is 25.8 Å². The molecule has 0 aliphatic heterocycles. The fraction of sp³-hybridized carbons (Fsp3) is 0.300. The van der Waals surface area contributed by atoms with Crippen LogP contribution in [0.1, 0.15) is 48.1 Å². The maximum Gasteiger partial charge on any atom is 0.424 e. The molecule has 9 nitrogen and oxygen atoms in total. The topological polar surface area (TPSA) is 126 Å². The number of carbonyl (C=O) groups excluding carboxylic acids is 2. The van der Waals surface area contributed by atoms with Crippen molar-refractivity contribution < 1.29 is 41.4 Å². The summed E-state index contributed by atoms with van der Waals surface area (Å²) in [4.78, 5) is 28.8. The van der Waals surface area contributed by atoms with Crippen LogP contribution in [0.4, 0.5) is 22.0 Å². The molecule has 0 fully saturated rings. The number of benzene rings is 2. The van der Waals surface area contributed by atoms with Gasteiger partial charge in [0.25, 0.3) is 5.91 Å². The first-order chi connectivity index (χ1) is 20.5. The molecule has 14 heteroatoms. The van der Waals surface area contributed by atoms with Crippen LogP contribution in [0.25, 0.3) is 22.2 Å². The van der Waals surface area contributed by atoms with Gasteiger partial charge in [-0.25, -0.2) is 13.8 Å². The second-order valence-corrected chi connectivity index (χ2v) is 10.7. The number of carbonyl (C=O) groups is 2. The van der Waals surface area contributed by atoms with E-state index in [1.54, 1.807) is 13.0 Å². The maximum atomic E-state index is 15.9. The van der Waals surface area contributed by atoms with E-state index < -0.39 is 64.3 Å². The number of rotatable bonds is 8. The molecular formula is C30H28F5N5O4. The van der Waals surface area contributed by atoms with Gasteiger partial charge in [-0.15, -0.1) is 5.10 Å². The second kappa shape index (κ2) is 11.8. The average Bonchev–Trinajstić information content (AvgIpc) is 2.94. The first kappa shape index (κ1) is 32.2. The monoisotopic (exact) mass is 617 g/mol. The van der Waals surface area contributed by atoms with Crippen LogP contribution in [0, 0.1) is 18.6 Å². The van der Waals surface area contributed by atoms with Gasteiger partial charge in [-0.2, -0.15) is 18.3 Å². The van der Waals surface area contributed by atoms with E-state index in [0.717, 1.165) is 31.2 Å². The van der Waals surface area contributed by atoms with E-state index in [2.05, 4.69) is 25.8 Å². The molecule has 2 aromatic heterocycles. The summed E-state index contributed by atoms with van der Waals surface area (Å²) in [5, 5.41) is 24.1. The minimum absolute atomic E-state index is 0.0964. The highest BCUT2D eigenvalue weighted by Gasteiger charge is 2.57. The quantitative estimate of drug-likeness (QED) is 0.242. The lowest BCUT2D eigenvalue weighted by Crippen LogP contribution is -2.52. The first-order valence-corrected chi connectivity index (χ1v) is 13.1. The Morgan fingerprint density at radius 3 is 2.25 bits per heavy atom. The highest BCUT2D eigenvalue weighted by atomic mass is 19.4. The number of aromatic nitrogens is 3. The van der Waals surface area contributed by atoms with Crippen molar-refractivity contribution in [2.75, 3.05) is 13.7 Å². The van der Waals surface area contributed by atoms with E-state index in [9.17, 15) is 32.3 Å². The minimum atomic E-state index is -5.44. The summed E-state index contributed by atoms with van der Waals surface area (Å²) in [6, 6.07) is 9.04. The van der Waals surface area contributed by atoms with Crippen molar-refractivity contribution in [2.24, 2.45) is 0 Å². The Morgan fingerprint density at radius 1 is 1.00 bits per heavy atom. The van der Waals surface area contributed by atoms with Gasteiger partial charge >= 0.3 is 6.18 Å². The number of halogens is 5. The summed E-state index contributed by atoms with van der Waals surface area (Å²) in [6.07, 6.45) is -5.44. The van der Waals surface area contributed by atoms with E-state index >= 15 is 4.39 Å². The molecule has 0 aliphatic rings. The van der Waals surface area contributed by atoms with E-state index in [0.29, 0.717) is 22.7 Å². The number of ether oxygens (including phenoxy) is 1. The second-order valence-electron chi connectivity index (χ2n) is 10.7. The van der Waals surface area contributed by atoms with Gasteiger partial charge in [-0.1, -0.05) is 0 Å². The van der Waals surface area contributed by atoms with Crippen LogP contribution in [0.3, 0.4) is 0 Å². The zero-order valence-corrected chi connectivity index (χ0v) is 24.2. The summed E-state index contributed by atoms with van der Waals surface area (Å²) < 4.78 is 78.7. The van der Waals surface area contributed by atoms with Crippen molar-refractivity contribution in [3.05, 3.63) is 82.7 Å². The predicted molar refractivity (Wildman–Crippen MR) is 150 cm³/mol. The normalized spacial score (nSPS) is 13.3. The summed E-state index contributed by atoms with van der Waals surface area (Å²) in [5.74, 6) is -3.26. The molecule has 4 rings (SSSR count). The zero-order valence-electron chi connectivity index (χ0n) is 24.2. The van der Waals surface area contributed by atoms with E-state index in [4.69, 9.17) is 4.74 Å². The molecule has 0 radical (unpaired) electrons. The largest absolute Gasteiger partial charge is 0.494 e. The summed E-state index contributed by atoms with van der Waals surface area (Å²) in [7, 11) is 1.32. The van der Waals surface area contributed by atoms with Crippen molar-refractivity contribution in [3.8, 4) is 17.0 Å². The molecule has 4 aromatic rings. The molecule has 44 heavy (non-hydrogen) atoms. The highest BCUT2D eigenvalue weighted by molar-refractivity contribution is 5.99.